The predicted molar refractivity (Wildman–Crippen MR) is 69.3 cm³/mol. The van der Waals surface area contributed by atoms with E-state index < -0.39 is 0 Å². The van der Waals surface area contributed by atoms with Crippen molar-refractivity contribution in [1.82, 2.24) is 0 Å². The fourth-order valence-electron chi connectivity index (χ4n) is 1.83. The minimum atomic E-state index is 0.0675. The molecule has 5 heteroatoms. The lowest BCUT2D eigenvalue weighted by Crippen LogP contribution is -2.04. The average Bonchev–Trinajstić information content (AvgIpc) is 2.33. The third-order valence-corrected chi connectivity index (χ3v) is 3.48. The summed E-state index contributed by atoms with van der Waals surface area (Å²) in [4.78, 5) is 0. The van der Waals surface area contributed by atoms with Gasteiger partial charge in [-0.1, -0.05) is 0 Å². The SMILES string of the molecule is COc1c(C)c(CCO)c(Br)c(OC)c1OC. The maximum Gasteiger partial charge on any atom is 0.204 e. The van der Waals surface area contributed by atoms with Crippen molar-refractivity contribution in [2.45, 2.75) is 13.3 Å². The van der Waals surface area contributed by atoms with E-state index in [1.54, 1.807) is 21.3 Å². The van der Waals surface area contributed by atoms with Gasteiger partial charge >= 0.3 is 0 Å². The van der Waals surface area contributed by atoms with Gasteiger partial charge in [0.15, 0.2) is 11.5 Å². The van der Waals surface area contributed by atoms with E-state index in [0.717, 1.165) is 15.6 Å². The molecule has 0 bridgehead atoms. The molecule has 1 N–H and O–H groups in total. The van der Waals surface area contributed by atoms with Crippen LogP contribution >= 0.6 is 15.9 Å². The molecule has 0 fully saturated rings. The van der Waals surface area contributed by atoms with Gasteiger partial charge in [-0.25, -0.2) is 0 Å². The Kier molecular flexibility index (Phi) is 5.08. The summed E-state index contributed by atoms with van der Waals surface area (Å²) in [5.74, 6) is 1.77. The van der Waals surface area contributed by atoms with Crippen LogP contribution in [0.3, 0.4) is 0 Å². The summed E-state index contributed by atoms with van der Waals surface area (Å²) < 4.78 is 16.8. The standard InChI is InChI=1S/C12H17BrO4/c1-7-8(5-6-14)9(13)11(16-3)12(17-4)10(7)15-2/h14H,5-6H2,1-4H3. The molecule has 0 atom stereocenters. The highest BCUT2D eigenvalue weighted by molar-refractivity contribution is 9.10. The van der Waals surface area contributed by atoms with Gasteiger partial charge in [0.1, 0.15) is 0 Å². The summed E-state index contributed by atoms with van der Waals surface area (Å²) in [6, 6.07) is 0. The molecule has 0 unspecified atom stereocenters. The molecule has 0 aliphatic carbocycles. The molecule has 1 rings (SSSR count). The Balaban J connectivity index is 3.54. The fourth-order valence-corrected chi connectivity index (χ4v) is 2.67. The molecule has 0 heterocycles. The Labute approximate surface area is 110 Å². The van der Waals surface area contributed by atoms with Gasteiger partial charge in [-0.3, -0.25) is 0 Å². The van der Waals surface area contributed by atoms with E-state index in [1.165, 1.54) is 0 Å². The summed E-state index contributed by atoms with van der Waals surface area (Å²) in [6.07, 6.45) is 0.531. The molecule has 1 aromatic rings. The summed E-state index contributed by atoms with van der Waals surface area (Å²) in [5, 5.41) is 9.09. The summed E-state index contributed by atoms with van der Waals surface area (Å²) >= 11 is 3.48. The van der Waals surface area contributed by atoms with Crippen LogP contribution < -0.4 is 14.2 Å². The van der Waals surface area contributed by atoms with Crippen molar-refractivity contribution in [2.75, 3.05) is 27.9 Å². The first-order valence-electron chi connectivity index (χ1n) is 5.20. The fraction of sp³-hybridized carbons (Fsp3) is 0.500. The molecule has 0 aromatic heterocycles. The van der Waals surface area contributed by atoms with Crippen LogP contribution in [-0.4, -0.2) is 33.0 Å². The van der Waals surface area contributed by atoms with Crippen LogP contribution in [-0.2, 0) is 6.42 Å². The van der Waals surface area contributed by atoms with Crippen molar-refractivity contribution < 1.29 is 19.3 Å². The number of hydrogen-bond acceptors (Lipinski definition) is 4. The zero-order chi connectivity index (χ0) is 13.0. The van der Waals surface area contributed by atoms with E-state index in [9.17, 15) is 0 Å². The van der Waals surface area contributed by atoms with Crippen LogP contribution in [0.4, 0.5) is 0 Å². The highest BCUT2D eigenvalue weighted by Crippen LogP contribution is 2.47. The minimum absolute atomic E-state index is 0.0675. The van der Waals surface area contributed by atoms with Crippen molar-refractivity contribution in [3.05, 3.63) is 15.6 Å². The maximum absolute atomic E-state index is 9.09. The van der Waals surface area contributed by atoms with Crippen molar-refractivity contribution >= 4 is 15.9 Å². The van der Waals surface area contributed by atoms with Gasteiger partial charge in [0.2, 0.25) is 5.75 Å². The Hall–Kier alpha value is -0.940. The first-order valence-corrected chi connectivity index (χ1v) is 5.99. The molecule has 0 aliphatic rings. The number of benzene rings is 1. The Morgan fingerprint density at radius 1 is 1.00 bits per heavy atom. The molecule has 0 aliphatic heterocycles. The van der Waals surface area contributed by atoms with E-state index in [2.05, 4.69) is 15.9 Å². The molecule has 1 aromatic carbocycles. The van der Waals surface area contributed by atoms with Gasteiger partial charge in [0.25, 0.3) is 0 Å². The van der Waals surface area contributed by atoms with E-state index >= 15 is 0 Å². The average molecular weight is 305 g/mol. The molecule has 0 radical (unpaired) electrons. The maximum atomic E-state index is 9.09. The molecule has 96 valence electrons. The number of aliphatic hydroxyl groups is 1. The normalized spacial score (nSPS) is 10.2. The van der Waals surface area contributed by atoms with Crippen LogP contribution in [0.1, 0.15) is 11.1 Å². The van der Waals surface area contributed by atoms with Gasteiger partial charge in [0, 0.05) is 6.61 Å². The zero-order valence-corrected chi connectivity index (χ0v) is 12.1. The number of aliphatic hydroxyl groups excluding tert-OH is 1. The molecule has 17 heavy (non-hydrogen) atoms. The van der Waals surface area contributed by atoms with Crippen LogP contribution in [0.15, 0.2) is 4.47 Å². The Morgan fingerprint density at radius 2 is 1.53 bits per heavy atom. The van der Waals surface area contributed by atoms with Crippen molar-refractivity contribution in [3.8, 4) is 17.2 Å². The lowest BCUT2D eigenvalue weighted by Gasteiger charge is -2.19. The van der Waals surface area contributed by atoms with E-state index in [1.807, 2.05) is 6.92 Å². The van der Waals surface area contributed by atoms with Gasteiger partial charge in [-0.2, -0.15) is 0 Å². The second-order valence-electron chi connectivity index (χ2n) is 3.49. The van der Waals surface area contributed by atoms with Crippen molar-refractivity contribution in [3.63, 3.8) is 0 Å². The van der Waals surface area contributed by atoms with Gasteiger partial charge in [-0.15, -0.1) is 0 Å². The number of hydrogen-bond donors (Lipinski definition) is 1. The largest absolute Gasteiger partial charge is 0.492 e. The van der Waals surface area contributed by atoms with Gasteiger partial charge < -0.3 is 19.3 Å². The van der Waals surface area contributed by atoms with Crippen molar-refractivity contribution in [1.29, 1.82) is 0 Å². The molecular formula is C12H17BrO4. The molecule has 0 saturated heterocycles. The molecular weight excluding hydrogens is 288 g/mol. The van der Waals surface area contributed by atoms with Gasteiger partial charge in [0.05, 0.1) is 25.8 Å². The first kappa shape index (κ1) is 14.1. The number of rotatable bonds is 5. The highest BCUT2D eigenvalue weighted by Gasteiger charge is 2.22. The molecule has 0 amide bonds. The minimum Gasteiger partial charge on any atom is -0.492 e. The van der Waals surface area contributed by atoms with E-state index in [4.69, 9.17) is 19.3 Å². The molecule has 0 spiro atoms. The first-order chi connectivity index (χ1) is 8.12. The third-order valence-electron chi connectivity index (χ3n) is 2.64. The third kappa shape index (κ3) is 2.50. The quantitative estimate of drug-likeness (QED) is 0.907. The number of halogens is 1. The summed E-state index contributed by atoms with van der Waals surface area (Å²) in [6.45, 7) is 1.99. The topological polar surface area (TPSA) is 47.9 Å². The molecule has 4 nitrogen and oxygen atoms in total. The van der Waals surface area contributed by atoms with Crippen LogP contribution in [0, 0.1) is 6.92 Å². The van der Waals surface area contributed by atoms with Gasteiger partial charge in [-0.05, 0) is 40.4 Å². The Morgan fingerprint density at radius 3 is 1.94 bits per heavy atom. The number of ether oxygens (including phenoxy) is 3. The zero-order valence-electron chi connectivity index (χ0n) is 10.5. The van der Waals surface area contributed by atoms with Crippen LogP contribution in [0.5, 0.6) is 17.2 Å². The summed E-state index contributed by atoms with van der Waals surface area (Å²) in [7, 11) is 4.72. The number of methoxy groups -OCH3 is 3. The van der Waals surface area contributed by atoms with Crippen LogP contribution in [0.2, 0.25) is 0 Å². The van der Waals surface area contributed by atoms with Crippen LogP contribution in [0.25, 0.3) is 0 Å². The highest BCUT2D eigenvalue weighted by atomic mass is 79.9. The Bertz CT molecular complexity index is 373. The lowest BCUT2D eigenvalue weighted by atomic mass is 10.0. The molecule has 0 saturated carbocycles. The van der Waals surface area contributed by atoms with Crippen molar-refractivity contribution in [2.24, 2.45) is 0 Å². The second kappa shape index (κ2) is 6.12. The van der Waals surface area contributed by atoms with E-state index in [-0.39, 0.29) is 6.61 Å². The lowest BCUT2D eigenvalue weighted by molar-refractivity contribution is 0.296. The second-order valence-corrected chi connectivity index (χ2v) is 4.28. The predicted octanol–water partition coefficient (Wildman–Crippen LogP) is 2.32. The monoisotopic (exact) mass is 304 g/mol. The smallest absolute Gasteiger partial charge is 0.204 e. The van der Waals surface area contributed by atoms with E-state index in [0.29, 0.717) is 23.7 Å². The summed E-state index contributed by atoms with van der Waals surface area (Å²) in [5.41, 5.74) is 1.90.